The van der Waals surface area contributed by atoms with Crippen LogP contribution in [0.1, 0.15) is 232 Å². The highest BCUT2D eigenvalue weighted by Crippen LogP contribution is 2.20. The van der Waals surface area contributed by atoms with E-state index < -0.39 is 0 Å². The molecule has 51 heavy (non-hydrogen) atoms. The minimum absolute atomic E-state index is 0.131. The van der Waals surface area contributed by atoms with Crippen molar-refractivity contribution in [1.29, 1.82) is 0 Å². The van der Waals surface area contributed by atoms with Gasteiger partial charge in [-0.1, -0.05) is 206 Å². The highest BCUT2D eigenvalue weighted by Gasteiger charge is 2.27. The zero-order valence-electron chi connectivity index (χ0n) is 34.1. The average molecular weight is 723 g/mol. The zero-order chi connectivity index (χ0) is 36.7. The molecule has 2 amide bonds. The van der Waals surface area contributed by atoms with Gasteiger partial charge in [-0.05, 0) is 25.7 Å². The maximum atomic E-state index is 12.1. The highest BCUT2D eigenvalue weighted by atomic mass is 16.6. The first-order valence-corrected chi connectivity index (χ1v) is 22.6. The van der Waals surface area contributed by atoms with Crippen LogP contribution in [0.15, 0.2) is 0 Å². The second-order valence-corrected chi connectivity index (χ2v) is 15.6. The number of nitrogens with one attached hydrogen (secondary N) is 2. The summed E-state index contributed by atoms with van der Waals surface area (Å²) in [6.45, 7) is 6.37. The molecule has 0 aromatic carbocycles. The van der Waals surface area contributed by atoms with Gasteiger partial charge in [0.1, 0.15) is 13.2 Å². The van der Waals surface area contributed by atoms with Gasteiger partial charge in [0, 0.05) is 13.1 Å². The molecule has 302 valence electrons. The fourth-order valence-corrected chi connectivity index (χ4v) is 7.19. The Morgan fingerprint density at radius 1 is 0.412 bits per heavy atom. The summed E-state index contributed by atoms with van der Waals surface area (Å²) >= 11 is 0. The Hall–Kier alpha value is -1.50. The largest absolute Gasteiger partial charge is 0.447 e. The summed E-state index contributed by atoms with van der Waals surface area (Å²) in [5, 5.41) is 5.74. The molecule has 1 rings (SSSR count). The van der Waals surface area contributed by atoms with Crippen molar-refractivity contribution in [3.05, 3.63) is 0 Å². The number of carbonyl (C=O) groups is 2. The predicted molar refractivity (Wildman–Crippen MR) is 216 cm³/mol. The first-order chi connectivity index (χ1) is 25.2. The van der Waals surface area contributed by atoms with E-state index in [0.29, 0.717) is 13.1 Å². The quantitative estimate of drug-likeness (QED) is 0.0620. The summed E-state index contributed by atoms with van der Waals surface area (Å²) in [7, 11) is 0. The van der Waals surface area contributed by atoms with Crippen molar-refractivity contribution >= 4 is 12.2 Å². The van der Waals surface area contributed by atoms with Gasteiger partial charge in [-0.15, -0.1) is 0 Å². The Morgan fingerprint density at radius 3 is 0.902 bits per heavy atom. The van der Waals surface area contributed by atoms with E-state index in [1.165, 1.54) is 180 Å². The maximum absolute atomic E-state index is 12.1. The van der Waals surface area contributed by atoms with E-state index in [4.69, 9.17) is 14.2 Å². The van der Waals surface area contributed by atoms with Gasteiger partial charge < -0.3 is 24.8 Å². The lowest BCUT2D eigenvalue weighted by Crippen LogP contribution is -2.30. The van der Waals surface area contributed by atoms with Crippen LogP contribution in [-0.2, 0) is 14.2 Å². The standard InChI is InChI=1S/C44H86N2O5/c1-3-5-7-9-11-13-15-17-19-21-23-25-27-29-31-33-37-45-43(47)49-39-41-35-36-42(51-41)40-50-44(48)46-38-34-32-30-28-26-24-22-20-18-16-14-12-10-8-6-4-2/h41-42H,3-40H2,1-2H3,(H,45,47)(H,46,48). The van der Waals surface area contributed by atoms with Gasteiger partial charge in [0.2, 0.25) is 0 Å². The fraction of sp³-hybridized carbons (Fsp3) is 0.955. The van der Waals surface area contributed by atoms with Gasteiger partial charge in [-0.25, -0.2) is 9.59 Å². The Bertz CT molecular complexity index is 691. The molecule has 0 aliphatic carbocycles. The van der Waals surface area contributed by atoms with Crippen LogP contribution in [0.25, 0.3) is 0 Å². The van der Waals surface area contributed by atoms with Gasteiger partial charge in [-0.3, -0.25) is 0 Å². The van der Waals surface area contributed by atoms with Crippen molar-refractivity contribution < 1.29 is 23.8 Å². The van der Waals surface area contributed by atoms with Crippen LogP contribution in [0.3, 0.4) is 0 Å². The van der Waals surface area contributed by atoms with E-state index in [-0.39, 0.29) is 37.6 Å². The molecule has 1 aliphatic rings. The van der Waals surface area contributed by atoms with Crippen LogP contribution in [-0.4, -0.2) is 50.7 Å². The van der Waals surface area contributed by atoms with E-state index >= 15 is 0 Å². The summed E-state index contributed by atoms with van der Waals surface area (Å²) < 4.78 is 16.7. The molecule has 0 aromatic rings. The van der Waals surface area contributed by atoms with Crippen molar-refractivity contribution in [1.82, 2.24) is 10.6 Å². The molecule has 2 atom stereocenters. The predicted octanol–water partition coefficient (Wildman–Crippen LogP) is 13.5. The molecule has 2 unspecified atom stereocenters. The smallest absolute Gasteiger partial charge is 0.407 e. The highest BCUT2D eigenvalue weighted by molar-refractivity contribution is 5.67. The molecule has 2 N–H and O–H groups in total. The molecule has 1 heterocycles. The minimum Gasteiger partial charge on any atom is -0.447 e. The summed E-state index contributed by atoms with van der Waals surface area (Å²) in [4.78, 5) is 24.2. The molecule has 1 fully saturated rings. The van der Waals surface area contributed by atoms with Crippen LogP contribution < -0.4 is 10.6 Å². The summed E-state index contributed by atoms with van der Waals surface area (Å²) in [5.74, 6) is 0. The van der Waals surface area contributed by atoms with E-state index in [1.54, 1.807) is 0 Å². The Kier molecular flexibility index (Phi) is 35.6. The van der Waals surface area contributed by atoms with E-state index in [9.17, 15) is 9.59 Å². The fourth-order valence-electron chi connectivity index (χ4n) is 7.19. The summed E-state index contributed by atoms with van der Waals surface area (Å²) in [6.07, 6.45) is 43.5. The molecular weight excluding hydrogens is 636 g/mol. The molecule has 0 radical (unpaired) electrons. The van der Waals surface area contributed by atoms with E-state index in [0.717, 1.165) is 38.5 Å². The zero-order valence-corrected chi connectivity index (χ0v) is 34.1. The van der Waals surface area contributed by atoms with Crippen LogP contribution in [0.4, 0.5) is 9.59 Å². The second kappa shape index (κ2) is 38.2. The molecule has 7 heteroatoms. The molecule has 1 aliphatic heterocycles. The average Bonchev–Trinajstić information content (AvgIpc) is 3.60. The van der Waals surface area contributed by atoms with Gasteiger partial charge in [0.25, 0.3) is 0 Å². The van der Waals surface area contributed by atoms with Crippen molar-refractivity contribution in [2.45, 2.75) is 244 Å². The van der Waals surface area contributed by atoms with Crippen molar-refractivity contribution in [2.24, 2.45) is 0 Å². The normalized spacial score (nSPS) is 15.6. The van der Waals surface area contributed by atoms with Gasteiger partial charge in [0.05, 0.1) is 12.2 Å². The minimum atomic E-state index is -0.368. The molecule has 1 saturated heterocycles. The van der Waals surface area contributed by atoms with Crippen LogP contribution >= 0.6 is 0 Å². The Balaban J connectivity index is 1.81. The van der Waals surface area contributed by atoms with Crippen molar-refractivity contribution in [2.75, 3.05) is 26.3 Å². The second-order valence-electron chi connectivity index (χ2n) is 15.6. The lowest BCUT2D eigenvalue weighted by atomic mass is 10.0. The number of unbranched alkanes of at least 4 members (excludes halogenated alkanes) is 30. The maximum Gasteiger partial charge on any atom is 0.407 e. The van der Waals surface area contributed by atoms with Gasteiger partial charge in [-0.2, -0.15) is 0 Å². The molecule has 0 aromatic heterocycles. The SMILES string of the molecule is CCCCCCCCCCCCCCCCCCNC(=O)OCC1CCC(COC(=O)NCCCCCCCCCCCCCCCCCC)O1. The third-order valence-corrected chi connectivity index (χ3v) is 10.6. The van der Waals surface area contributed by atoms with Crippen LogP contribution in [0.2, 0.25) is 0 Å². The number of rotatable bonds is 38. The number of hydrogen-bond donors (Lipinski definition) is 2. The first-order valence-electron chi connectivity index (χ1n) is 22.6. The first kappa shape index (κ1) is 47.5. The van der Waals surface area contributed by atoms with E-state index in [2.05, 4.69) is 24.5 Å². The molecule has 0 bridgehead atoms. The van der Waals surface area contributed by atoms with Crippen molar-refractivity contribution in [3.8, 4) is 0 Å². The molecular formula is C44H86N2O5. The van der Waals surface area contributed by atoms with Gasteiger partial charge >= 0.3 is 12.2 Å². The lowest BCUT2D eigenvalue weighted by molar-refractivity contribution is -0.0197. The summed E-state index contributed by atoms with van der Waals surface area (Å²) in [6, 6.07) is 0. The Morgan fingerprint density at radius 2 is 0.647 bits per heavy atom. The lowest BCUT2D eigenvalue weighted by Gasteiger charge is -2.15. The van der Waals surface area contributed by atoms with Crippen molar-refractivity contribution in [3.63, 3.8) is 0 Å². The Labute approximate surface area is 316 Å². The van der Waals surface area contributed by atoms with Crippen LogP contribution in [0.5, 0.6) is 0 Å². The third kappa shape index (κ3) is 34.0. The summed E-state index contributed by atoms with van der Waals surface area (Å²) in [5.41, 5.74) is 0. The number of amides is 2. The van der Waals surface area contributed by atoms with Gasteiger partial charge in [0.15, 0.2) is 0 Å². The number of ether oxygens (including phenoxy) is 3. The molecule has 0 saturated carbocycles. The number of carbonyl (C=O) groups excluding carboxylic acids is 2. The topological polar surface area (TPSA) is 85.9 Å². The number of alkyl carbamates (subject to hydrolysis) is 2. The monoisotopic (exact) mass is 723 g/mol. The number of hydrogen-bond acceptors (Lipinski definition) is 5. The van der Waals surface area contributed by atoms with Crippen LogP contribution in [0, 0.1) is 0 Å². The van der Waals surface area contributed by atoms with E-state index in [1.807, 2.05) is 0 Å². The molecule has 7 nitrogen and oxygen atoms in total. The molecule has 0 spiro atoms. The third-order valence-electron chi connectivity index (χ3n) is 10.6.